The van der Waals surface area contributed by atoms with E-state index in [4.69, 9.17) is 16.0 Å². The highest BCUT2D eigenvalue weighted by atomic mass is 79.9. The maximum atomic E-state index is 5.86. The Balaban J connectivity index is 2.30. The molecule has 0 fully saturated rings. The lowest BCUT2D eigenvalue weighted by Gasteiger charge is -2.16. The molecule has 0 aliphatic rings. The predicted molar refractivity (Wildman–Crippen MR) is 75.8 cm³/mol. The summed E-state index contributed by atoms with van der Waals surface area (Å²) >= 11 is 9.34. The van der Waals surface area contributed by atoms with Crippen molar-refractivity contribution in [2.75, 3.05) is 6.54 Å². The van der Waals surface area contributed by atoms with Crippen LogP contribution in [-0.2, 0) is 0 Å². The fraction of sp³-hybridized carbons (Fsp3) is 0.308. The second-order valence-corrected chi connectivity index (χ2v) is 5.21. The monoisotopic (exact) mass is 328 g/mol. The molecule has 0 saturated carbocycles. The largest absolute Gasteiger partial charge is 0.466 e. The fourth-order valence-electron chi connectivity index (χ4n) is 1.69. The second-order valence-electron chi connectivity index (χ2n) is 3.92. The van der Waals surface area contributed by atoms with Crippen LogP contribution in [0.1, 0.15) is 30.8 Å². The summed E-state index contributed by atoms with van der Waals surface area (Å²) in [5.74, 6) is 0.832. The molecule has 0 amide bonds. The quantitative estimate of drug-likeness (QED) is 0.894. The van der Waals surface area contributed by atoms with Gasteiger partial charge in [-0.15, -0.1) is 0 Å². The molecule has 5 heteroatoms. The summed E-state index contributed by atoms with van der Waals surface area (Å²) in [7, 11) is 0. The molecule has 0 aliphatic heterocycles. The van der Waals surface area contributed by atoms with Crippen LogP contribution in [0.4, 0.5) is 0 Å². The van der Waals surface area contributed by atoms with E-state index in [1.54, 1.807) is 12.5 Å². The van der Waals surface area contributed by atoms with Crippen molar-refractivity contribution in [3.05, 3.63) is 51.6 Å². The Bertz CT molecular complexity index is 498. The first-order valence-corrected chi connectivity index (χ1v) is 6.97. The Hall–Kier alpha value is -0.840. The number of hydrogen-bond donors (Lipinski definition) is 1. The Morgan fingerprint density at radius 2 is 2.28 bits per heavy atom. The van der Waals surface area contributed by atoms with Crippen molar-refractivity contribution in [2.24, 2.45) is 0 Å². The highest BCUT2D eigenvalue weighted by molar-refractivity contribution is 9.10. The molecule has 0 radical (unpaired) electrons. The minimum atomic E-state index is -0.0633. The molecule has 18 heavy (non-hydrogen) atoms. The minimum Gasteiger partial charge on any atom is -0.466 e. The Labute approximate surface area is 120 Å². The number of furan rings is 1. The van der Waals surface area contributed by atoms with E-state index < -0.39 is 0 Å². The number of halogens is 2. The van der Waals surface area contributed by atoms with E-state index in [2.05, 4.69) is 33.2 Å². The number of nitrogens with one attached hydrogen (secondary N) is 1. The third kappa shape index (κ3) is 3.13. The standard InChI is InChI=1S/C13H14BrClN2O/c1-2-6-16-12(13-10(14)5-7-18-13)11-4-3-9(15)8-17-11/h3-5,7-8,12,16H,2,6H2,1H3. The molecular formula is C13H14BrClN2O. The third-order valence-corrected chi connectivity index (χ3v) is 3.43. The molecule has 3 nitrogen and oxygen atoms in total. The Morgan fingerprint density at radius 3 is 2.83 bits per heavy atom. The van der Waals surface area contributed by atoms with Gasteiger partial charge in [-0.1, -0.05) is 18.5 Å². The van der Waals surface area contributed by atoms with Gasteiger partial charge in [0.25, 0.3) is 0 Å². The number of hydrogen-bond acceptors (Lipinski definition) is 3. The van der Waals surface area contributed by atoms with Gasteiger partial charge >= 0.3 is 0 Å². The van der Waals surface area contributed by atoms with Gasteiger partial charge < -0.3 is 9.73 Å². The number of pyridine rings is 1. The van der Waals surface area contributed by atoms with Crippen LogP contribution in [0, 0.1) is 0 Å². The van der Waals surface area contributed by atoms with Crippen molar-refractivity contribution in [2.45, 2.75) is 19.4 Å². The first-order chi connectivity index (χ1) is 8.72. The van der Waals surface area contributed by atoms with E-state index in [0.29, 0.717) is 5.02 Å². The van der Waals surface area contributed by atoms with Crippen molar-refractivity contribution in [3.63, 3.8) is 0 Å². The van der Waals surface area contributed by atoms with Crippen molar-refractivity contribution >= 4 is 27.5 Å². The lowest BCUT2D eigenvalue weighted by molar-refractivity contribution is 0.439. The van der Waals surface area contributed by atoms with E-state index >= 15 is 0 Å². The summed E-state index contributed by atoms with van der Waals surface area (Å²) in [5, 5.41) is 4.05. The van der Waals surface area contributed by atoms with Crippen LogP contribution in [-0.4, -0.2) is 11.5 Å². The van der Waals surface area contributed by atoms with Gasteiger partial charge in [-0.3, -0.25) is 4.98 Å². The normalized spacial score (nSPS) is 12.6. The van der Waals surface area contributed by atoms with Crippen molar-refractivity contribution in [3.8, 4) is 0 Å². The smallest absolute Gasteiger partial charge is 0.140 e. The molecule has 0 aromatic carbocycles. The van der Waals surface area contributed by atoms with E-state index in [1.807, 2.05) is 18.2 Å². The molecule has 0 aliphatic carbocycles. The second kappa shape index (κ2) is 6.36. The van der Waals surface area contributed by atoms with E-state index in [1.165, 1.54) is 0 Å². The molecular weight excluding hydrogens is 316 g/mol. The van der Waals surface area contributed by atoms with Crippen LogP contribution >= 0.6 is 27.5 Å². The van der Waals surface area contributed by atoms with Gasteiger partial charge in [0.05, 0.1) is 21.5 Å². The van der Waals surface area contributed by atoms with Crippen LogP contribution in [0.3, 0.4) is 0 Å². The highest BCUT2D eigenvalue weighted by Crippen LogP contribution is 2.29. The average Bonchev–Trinajstić information content (AvgIpc) is 2.78. The third-order valence-electron chi connectivity index (χ3n) is 2.55. The maximum Gasteiger partial charge on any atom is 0.140 e. The minimum absolute atomic E-state index is 0.0633. The fourth-order valence-corrected chi connectivity index (χ4v) is 2.23. The molecule has 1 N–H and O–H groups in total. The van der Waals surface area contributed by atoms with Crippen molar-refractivity contribution in [1.82, 2.24) is 10.3 Å². The van der Waals surface area contributed by atoms with Crippen LogP contribution in [0.2, 0.25) is 5.02 Å². The van der Waals surface area contributed by atoms with E-state index in [9.17, 15) is 0 Å². The Morgan fingerprint density at radius 1 is 1.44 bits per heavy atom. The van der Waals surface area contributed by atoms with Crippen molar-refractivity contribution < 1.29 is 4.42 Å². The Kier molecular flexibility index (Phi) is 4.80. The lowest BCUT2D eigenvalue weighted by atomic mass is 10.1. The zero-order valence-electron chi connectivity index (χ0n) is 9.99. The van der Waals surface area contributed by atoms with E-state index in [0.717, 1.165) is 28.9 Å². The van der Waals surface area contributed by atoms with Crippen LogP contribution in [0.15, 0.2) is 39.5 Å². The highest BCUT2D eigenvalue weighted by Gasteiger charge is 2.20. The molecule has 1 unspecified atom stereocenters. The molecule has 0 spiro atoms. The SMILES string of the molecule is CCCNC(c1ccc(Cl)cn1)c1occc1Br. The first-order valence-electron chi connectivity index (χ1n) is 5.80. The molecule has 96 valence electrons. The van der Waals surface area contributed by atoms with Gasteiger partial charge in [-0.25, -0.2) is 0 Å². The van der Waals surface area contributed by atoms with Gasteiger partial charge in [-0.2, -0.15) is 0 Å². The molecule has 2 aromatic rings. The number of aromatic nitrogens is 1. The molecule has 2 heterocycles. The summed E-state index contributed by atoms with van der Waals surface area (Å²) in [6, 6.07) is 5.56. The zero-order chi connectivity index (χ0) is 13.0. The molecule has 0 saturated heterocycles. The van der Waals surface area contributed by atoms with Gasteiger partial charge in [-0.05, 0) is 47.1 Å². The topological polar surface area (TPSA) is 38.1 Å². The molecule has 2 aromatic heterocycles. The number of rotatable bonds is 5. The summed E-state index contributed by atoms with van der Waals surface area (Å²) < 4.78 is 6.46. The summed E-state index contributed by atoms with van der Waals surface area (Å²) in [6.45, 7) is 3.01. The average molecular weight is 330 g/mol. The molecule has 2 rings (SSSR count). The van der Waals surface area contributed by atoms with Gasteiger partial charge in [0.2, 0.25) is 0 Å². The van der Waals surface area contributed by atoms with Gasteiger partial charge in [0.1, 0.15) is 11.8 Å². The summed E-state index contributed by atoms with van der Waals surface area (Å²) in [6.07, 6.45) is 4.35. The molecule has 0 bridgehead atoms. The maximum absolute atomic E-state index is 5.86. The van der Waals surface area contributed by atoms with Gasteiger partial charge in [0, 0.05) is 6.20 Å². The van der Waals surface area contributed by atoms with Crippen molar-refractivity contribution in [1.29, 1.82) is 0 Å². The first kappa shape index (κ1) is 13.6. The zero-order valence-corrected chi connectivity index (χ0v) is 12.3. The lowest BCUT2D eigenvalue weighted by Crippen LogP contribution is -2.23. The summed E-state index contributed by atoms with van der Waals surface area (Å²) in [4.78, 5) is 4.35. The van der Waals surface area contributed by atoms with Crippen LogP contribution in [0.5, 0.6) is 0 Å². The van der Waals surface area contributed by atoms with Crippen LogP contribution in [0.25, 0.3) is 0 Å². The van der Waals surface area contributed by atoms with Crippen LogP contribution < -0.4 is 5.32 Å². The predicted octanol–water partition coefficient (Wildman–Crippen LogP) is 4.18. The summed E-state index contributed by atoms with van der Waals surface area (Å²) in [5.41, 5.74) is 0.892. The van der Waals surface area contributed by atoms with E-state index in [-0.39, 0.29) is 6.04 Å². The number of nitrogens with zero attached hydrogens (tertiary/aromatic N) is 1. The van der Waals surface area contributed by atoms with Gasteiger partial charge in [0.15, 0.2) is 0 Å². The molecule has 1 atom stereocenters.